The SMILES string of the molecule is CNCC(CNCc1cccs1)Cc1ccc(N)cc1. The minimum absolute atomic E-state index is 0.587. The minimum atomic E-state index is 0.587. The first-order chi connectivity index (χ1) is 9.78. The van der Waals surface area contributed by atoms with Crippen molar-refractivity contribution in [2.24, 2.45) is 5.92 Å². The summed E-state index contributed by atoms with van der Waals surface area (Å²) in [5.74, 6) is 0.587. The Kier molecular flexibility index (Phi) is 6.05. The molecule has 4 N–H and O–H groups in total. The maximum Gasteiger partial charge on any atom is 0.0314 e. The molecule has 2 rings (SSSR count). The van der Waals surface area contributed by atoms with Crippen LogP contribution in [0.25, 0.3) is 0 Å². The van der Waals surface area contributed by atoms with E-state index in [2.05, 4.69) is 40.3 Å². The van der Waals surface area contributed by atoms with E-state index in [0.29, 0.717) is 5.92 Å². The predicted octanol–water partition coefficient (Wildman–Crippen LogP) is 2.50. The van der Waals surface area contributed by atoms with Crippen LogP contribution in [-0.2, 0) is 13.0 Å². The maximum atomic E-state index is 5.73. The fraction of sp³-hybridized carbons (Fsp3) is 0.375. The standard InChI is InChI=1S/C16H23N3S/c1-18-10-14(9-13-4-6-15(17)7-5-13)11-19-12-16-3-2-8-20-16/h2-8,14,18-19H,9-12,17H2,1H3. The van der Waals surface area contributed by atoms with Crippen molar-refractivity contribution in [3.05, 3.63) is 52.2 Å². The van der Waals surface area contributed by atoms with Crippen LogP contribution in [0.3, 0.4) is 0 Å². The molecule has 1 heterocycles. The summed E-state index contributed by atoms with van der Waals surface area (Å²) in [6, 6.07) is 12.5. The van der Waals surface area contributed by atoms with E-state index in [0.717, 1.165) is 31.7 Å². The van der Waals surface area contributed by atoms with Crippen molar-refractivity contribution >= 4 is 17.0 Å². The van der Waals surface area contributed by atoms with Gasteiger partial charge in [-0.15, -0.1) is 11.3 Å². The fourth-order valence-corrected chi connectivity index (χ4v) is 2.98. The van der Waals surface area contributed by atoms with Crippen LogP contribution in [0.4, 0.5) is 5.69 Å². The van der Waals surface area contributed by atoms with Crippen molar-refractivity contribution in [1.82, 2.24) is 10.6 Å². The quantitative estimate of drug-likeness (QED) is 0.654. The van der Waals surface area contributed by atoms with Crippen LogP contribution < -0.4 is 16.4 Å². The number of nitrogens with two attached hydrogens (primary N) is 1. The first-order valence-corrected chi connectivity index (χ1v) is 7.88. The highest BCUT2D eigenvalue weighted by molar-refractivity contribution is 7.09. The number of anilines is 1. The predicted molar refractivity (Wildman–Crippen MR) is 88.0 cm³/mol. The summed E-state index contributed by atoms with van der Waals surface area (Å²) in [7, 11) is 2.01. The third kappa shape index (κ3) is 4.96. The van der Waals surface area contributed by atoms with Gasteiger partial charge in [-0.25, -0.2) is 0 Å². The molecule has 0 saturated carbocycles. The lowest BCUT2D eigenvalue weighted by Gasteiger charge is -2.17. The van der Waals surface area contributed by atoms with Gasteiger partial charge in [0, 0.05) is 17.1 Å². The highest BCUT2D eigenvalue weighted by Crippen LogP contribution is 2.12. The molecule has 0 aliphatic rings. The summed E-state index contributed by atoms with van der Waals surface area (Å²) in [5.41, 5.74) is 7.90. The average Bonchev–Trinajstić information content (AvgIpc) is 2.95. The molecule has 0 amide bonds. The third-order valence-electron chi connectivity index (χ3n) is 3.31. The first kappa shape index (κ1) is 15.0. The van der Waals surface area contributed by atoms with Crippen LogP contribution in [0.2, 0.25) is 0 Å². The molecule has 0 fully saturated rings. The lowest BCUT2D eigenvalue weighted by Crippen LogP contribution is -2.31. The second-order valence-corrected chi connectivity index (χ2v) is 6.11. The van der Waals surface area contributed by atoms with Crippen LogP contribution >= 0.6 is 11.3 Å². The Bertz CT molecular complexity index is 479. The van der Waals surface area contributed by atoms with Gasteiger partial charge in [0.2, 0.25) is 0 Å². The van der Waals surface area contributed by atoms with Crippen molar-refractivity contribution in [1.29, 1.82) is 0 Å². The van der Waals surface area contributed by atoms with Gasteiger partial charge in [0.05, 0.1) is 0 Å². The van der Waals surface area contributed by atoms with Gasteiger partial charge in [0.25, 0.3) is 0 Å². The van der Waals surface area contributed by atoms with Crippen LogP contribution in [0.5, 0.6) is 0 Å². The van der Waals surface area contributed by atoms with Gasteiger partial charge < -0.3 is 16.4 Å². The van der Waals surface area contributed by atoms with E-state index < -0.39 is 0 Å². The van der Waals surface area contributed by atoms with Gasteiger partial charge >= 0.3 is 0 Å². The third-order valence-corrected chi connectivity index (χ3v) is 4.19. The monoisotopic (exact) mass is 289 g/mol. The van der Waals surface area contributed by atoms with Crippen LogP contribution in [0.1, 0.15) is 10.4 Å². The van der Waals surface area contributed by atoms with E-state index in [1.54, 1.807) is 11.3 Å². The Balaban J connectivity index is 1.81. The van der Waals surface area contributed by atoms with E-state index in [-0.39, 0.29) is 0 Å². The zero-order chi connectivity index (χ0) is 14.2. The maximum absolute atomic E-state index is 5.73. The van der Waals surface area contributed by atoms with Gasteiger partial charge in [-0.2, -0.15) is 0 Å². The lowest BCUT2D eigenvalue weighted by molar-refractivity contribution is 0.455. The van der Waals surface area contributed by atoms with E-state index in [1.807, 2.05) is 19.2 Å². The zero-order valence-electron chi connectivity index (χ0n) is 11.9. The van der Waals surface area contributed by atoms with Crippen molar-refractivity contribution in [2.45, 2.75) is 13.0 Å². The minimum Gasteiger partial charge on any atom is -0.399 e. The molecule has 4 heteroatoms. The Morgan fingerprint density at radius 2 is 1.95 bits per heavy atom. The summed E-state index contributed by atoms with van der Waals surface area (Å²) in [5, 5.41) is 8.95. The molecular formula is C16H23N3S. The number of hydrogen-bond acceptors (Lipinski definition) is 4. The molecule has 0 saturated heterocycles. The molecule has 1 unspecified atom stereocenters. The van der Waals surface area contributed by atoms with E-state index in [1.165, 1.54) is 10.4 Å². The molecule has 1 atom stereocenters. The van der Waals surface area contributed by atoms with E-state index >= 15 is 0 Å². The van der Waals surface area contributed by atoms with E-state index in [9.17, 15) is 0 Å². The van der Waals surface area contributed by atoms with E-state index in [4.69, 9.17) is 5.73 Å². The Labute approximate surface area is 125 Å². The summed E-state index contributed by atoms with van der Waals surface area (Å²) in [6.07, 6.45) is 1.07. The van der Waals surface area contributed by atoms with Crippen molar-refractivity contribution < 1.29 is 0 Å². The molecule has 3 nitrogen and oxygen atoms in total. The highest BCUT2D eigenvalue weighted by Gasteiger charge is 2.09. The second-order valence-electron chi connectivity index (χ2n) is 5.08. The first-order valence-electron chi connectivity index (χ1n) is 7.00. The number of rotatable bonds is 8. The molecule has 2 aromatic rings. The molecule has 0 bridgehead atoms. The summed E-state index contributed by atoms with van der Waals surface area (Å²) < 4.78 is 0. The number of nitrogens with one attached hydrogen (secondary N) is 2. The molecule has 1 aromatic carbocycles. The molecule has 1 aromatic heterocycles. The Hall–Kier alpha value is -1.36. The number of nitrogen functional groups attached to an aromatic ring is 1. The second kappa shape index (κ2) is 8.04. The summed E-state index contributed by atoms with van der Waals surface area (Å²) in [4.78, 5) is 1.39. The highest BCUT2D eigenvalue weighted by atomic mass is 32.1. The molecule has 0 spiro atoms. The van der Waals surface area contributed by atoms with Crippen molar-refractivity contribution in [3.8, 4) is 0 Å². The summed E-state index contributed by atoms with van der Waals surface area (Å²) in [6.45, 7) is 2.99. The lowest BCUT2D eigenvalue weighted by atomic mass is 9.99. The molecule has 108 valence electrons. The van der Waals surface area contributed by atoms with Gasteiger partial charge in [-0.3, -0.25) is 0 Å². The van der Waals surface area contributed by atoms with Crippen LogP contribution in [-0.4, -0.2) is 20.1 Å². The van der Waals surface area contributed by atoms with Crippen molar-refractivity contribution in [2.75, 3.05) is 25.9 Å². The molecule has 0 radical (unpaired) electrons. The van der Waals surface area contributed by atoms with Crippen molar-refractivity contribution in [3.63, 3.8) is 0 Å². The molecule has 0 aliphatic carbocycles. The van der Waals surface area contributed by atoms with Gasteiger partial charge in [0.1, 0.15) is 0 Å². The average molecular weight is 289 g/mol. The van der Waals surface area contributed by atoms with Crippen LogP contribution in [0, 0.1) is 5.92 Å². The molecule has 20 heavy (non-hydrogen) atoms. The zero-order valence-corrected chi connectivity index (χ0v) is 12.7. The van der Waals surface area contributed by atoms with Gasteiger partial charge in [-0.05, 0) is 61.6 Å². The van der Waals surface area contributed by atoms with Gasteiger partial charge in [-0.1, -0.05) is 18.2 Å². The molecular weight excluding hydrogens is 266 g/mol. The molecule has 0 aliphatic heterocycles. The number of thiophene rings is 1. The topological polar surface area (TPSA) is 50.1 Å². The number of benzene rings is 1. The fourth-order valence-electron chi connectivity index (χ4n) is 2.30. The number of hydrogen-bond donors (Lipinski definition) is 3. The largest absolute Gasteiger partial charge is 0.399 e. The smallest absolute Gasteiger partial charge is 0.0314 e. The Morgan fingerprint density at radius 3 is 2.60 bits per heavy atom. The Morgan fingerprint density at radius 1 is 1.15 bits per heavy atom. The van der Waals surface area contributed by atoms with Gasteiger partial charge in [0.15, 0.2) is 0 Å². The summed E-state index contributed by atoms with van der Waals surface area (Å²) >= 11 is 1.80. The normalized spacial score (nSPS) is 12.4. The van der Waals surface area contributed by atoms with Crippen LogP contribution in [0.15, 0.2) is 41.8 Å².